The molecule has 108 valence electrons. The van der Waals surface area contributed by atoms with Gasteiger partial charge in [-0.3, -0.25) is 0 Å². The summed E-state index contributed by atoms with van der Waals surface area (Å²) in [6.07, 6.45) is 2.71. The summed E-state index contributed by atoms with van der Waals surface area (Å²) in [7, 11) is 0. The normalized spacial score (nSPS) is 10.8. The van der Waals surface area contributed by atoms with Crippen LogP contribution in [0.2, 0.25) is 0 Å². The van der Waals surface area contributed by atoms with Crippen molar-refractivity contribution in [2.75, 3.05) is 5.32 Å². The molecular weight excluding hydrogens is 282 g/mol. The maximum Gasteiger partial charge on any atom is 0.299 e. The molecule has 0 radical (unpaired) electrons. The summed E-state index contributed by atoms with van der Waals surface area (Å²) >= 11 is 1.62. The lowest BCUT2D eigenvalue weighted by atomic mass is 10.1. The van der Waals surface area contributed by atoms with Crippen molar-refractivity contribution >= 4 is 23.0 Å². The first-order valence-electron chi connectivity index (χ1n) is 6.92. The molecule has 0 fully saturated rings. The highest BCUT2D eigenvalue weighted by atomic mass is 32.1. The highest BCUT2D eigenvalue weighted by Crippen LogP contribution is 2.32. The van der Waals surface area contributed by atoms with Crippen LogP contribution >= 0.6 is 11.3 Å². The van der Waals surface area contributed by atoms with Crippen molar-refractivity contribution in [2.45, 2.75) is 27.2 Å². The van der Waals surface area contributed by atoms with Gasteiger partial charge in [-0.05, 0) is 31.9 Å². The van der Waals surface area contributed by atoms with Crippen molar-refractivity contribution in [3.05, 3.63) is 46.7 Å². The van der Waals surface area contributed by atoms with Gasteiger partial charge < -0.3 is 9.73 Å². The number of aromatic nitrogens is 2. The predicted molar refractivity (Wildman–Crippen MR) is 86.2 cm³/mol. The van der Waals surface area contributed by atoms with E-state index in [4.69, 9.17) is 4.42 Å². The Bertz CT molecular complexity index is 760. The first-order chi connectivity index (χ1) is 10.2. The van der Waals surface area contributed by atoms with E-state index in [9.17, 15) is 0 Å². The van der Waals surface area contributed by atoms with Gasteiger partial charge in [0.25, 0.3) is 6.01 Å². The summed E-state index contributed by atoms with van der Waals surface area (Å²) < 4.78 is 5.82. The summed E-state index contributed by atoms with van der Waals surface area (Å²) in [5, 5.41) is 4.28. The number of oxazole rings is 1. The summed E-state index contributed by atoms with van der Waals surface area (Å²) in [4.78, 5) is 9.77. The fourth-order valence-electron chi connectivity index (χ4n) is 2.26. The Hall–Kier alpha value is -2.14. The minimum atomic E-state index is 0.511. The second-order valence-corrected chi connectivity index (χ2v) is 6.02. The van der Waals surface area contributed by atoms with Gasteiger partial charge in [-0.15, -0.1) is 11.3 Å². The van der Waals surface area contributed by atoms with Crippen LogP contribution in [0.5, 0.6) is 0 Å². The van der Waals surface area contributed by atoms with Crippen LogP contribution < -0.4 is 5.32 Å². The highest BCUT2D eigenvalue weighted by Gasteiger charge is 2.13. The molecule has 1 N–H and O–H groups in total. The quantitative estimate of drug-likeness (QED) is 0.757. The molecule has 0 atom stereocenters. The molecular formula is C16H17N3OS. The fraction of sp³-hybridized carbons (Fsp3) is 0.250. The molecule has 2 aromatic heterocycles. The van der Waals surface area contributed by atoms with Crippen LogP contribution in [0, 0.1) is 13.8 Å². The third kappa shape index (κ3) is 2.83. The zero-order valence-electron chi connectivity index (χ0n) is 12.3. The van der Waals surface area contributed by atoms with E-state index in [0.29, 0.717) is 6.01 Å². The number of aryl methyl sites for hydroxylation is 3. The number of hydrogen-bond acceptors (Lipinski definition) is 5. The van der Waals surface area contributed by atoms with Crippen LogP contribution in [0.3, 0.4) is 0 Å². The molecule has 5 heteroatoms. The fourth-order valence-corrected chi connectivity index (χ4v) is 3.13. The van der Waals surface area contributed by atoms with E-state index in [1.807, 2.05) is 32.0 Å². The van der Waals surface area contributed by atoms with Gasteiger partial charge in [-0.2, -0.15) is 0 Å². The van der Waals surface area contributed by atoms with Crippen LogP contribution in [0.15, 0.2) is 34.9 Å². The number of rotatable bonds is 4. The van der Waals surface area contributed by atoms with Gasteiger partial charge >= 0.3 is 0 Å². The molecule has 0 aliphatic carbocycles. The largest absolute Gasteiger partial charge is 0.422 e. The van der Waals surface area contributed by atoms with Gasteiger partial charge in [0.15, 0.2) is 5.76 Å². The molecule has 0 bridgehead atoms. The van der Waals surface area contributed by atoms with E-state index in [1.165, 1.54) is 5.56 Å². The second kappa shape index (κ2) is 5.69. The first kappa shape index (κ1) is 13.8. The molecule has 2 heterocycles. The summed E-state index contributed by atoms with van der Waals surface area (Å²) in [6, 6.07) is 8.68. The summed E-state index contributed by atoms with van der Waals surface area (Å²) in [5.74, 6) is 0.759. The zero-order valence-corrected chi connectivity index (χ0v) is 13.1. The van der Waals surface area contributed by atoms with E-state index in [-0.39, 0.29) is 0 Å². The summed E-state index contributed by atoms with van der Waals surface area (Å²) in [5.41, 5.74) is 3.25. The van der Waals surface area contributed by atoms with Crippen molar-refractivity contribution in [3.8, 4) is 10.6 Å². The van der Waals surface area contributed by atoms with Crippen LogP contribution in [-0.4, -0.2) is 9.97 Å². The lowest BCUT2D eigenvalue weighted by Crippen LogP contribution is -1.94. The Kier molecular flexibility index (Phi) is 3.75. The first-order valence-corrected chi connectivity index (χ1v) is 7.74. The average molecular weight is 299 g/mol. The molecule has 4 nitrogen and oxygen atoms in total. The molecule has 0 aliphatic rings. The molecule has 0 amide bonds. The SMILES string of the molecule is CCc1ccccc1Nc1ncc(-c2sc(C)nc2C)o1. The van der Waals surface area contributed by atoms with Gasteiger partial charge in [0.05, 0.1) is 21.8 Å². The Morgan fingerprint density at radius 2 is 2.05 bits per heavy atom. The van der Waals surface area contributed by atoms with Gasteiger partial charge in [0.2, 0.25) is 0 Å². The average Bonchev–Trinajstić information content (AvgIpc) is 3.06. The molecule has 0 aliphatic heterocycles. The molecule has 0 saturated heterocycles. The van der Waals surface area contributed by atoms with Gasteiger partial charge in [-0.25, -0.2) is 9.97 Å². The molecule has 0 spiro atoms. The predicted octanol–water partition coefficient (Wildman–Crippen LogP) is 4.72. The molecule has 21 heavy (non-hydrogen) atoms. The summed E-state index contributed by atoms with van der Waals surface area (Å²) in [6.45, 7) is 6.11. The van der Waals surface area contributed by atoms with Gasteiger partial charge in [0.1, 0.15) is 0 Å². The standard InChI is InChI=1S/C16H17N3OS/c1-4-12-7-5-6-8-13(12)19-16-17-9-14(20-16)15-10(2)18-11(3)21-15/h5-9H,4H2,1-3H3,(H,17,19). The highest BCUT2D eigenvalue weighted by molar-refractivity contribution is 7.15. The molecule has 3 rings (SSSR count). The van der Waals surface area contributed by atoms with Crippen LogP contribution in [0.1, 0.15) is 23.2 Å². The zero-order chi connectivity index (χ0) is 14.8. The number of benzene rings is 1. The third-order valence-electron chi connectivity index (χ3n) is 3.27. The number of nitrogens with one attached hydrogen (secondary N) is 1. The Morgan fingerprint density at radius 3 is 2.76 bits per heavy atom. The maximum absolute atomic E-state index is 5.82. The molecule has 0 saturated carbocycles. The van der Waals surface area contributed by atoms with E-state index < -0.39 is 0 Å². The van der Waals surface area contributed by atoms with Gasteiger partial charge in [-0.1, -0.05) is 25.1 Å². The molecule has 0 unspecified atom stereocenters. The van der Waals surface area contributed by atoms with E-state index in [2.05, 4.69) is 28.3 Å². The van der Waals surface area contributed by atoms with Crippen LogP contribution in [0.4, 0.5) is 11.7 Å². The number of anilines is 2. The van der Waals surface area contributed by atoms with Gasteiger partial charge in [0, 0.05) is 5.69 Å². The lowest BCUT2D eigenvalue weighted by Gasteiger charge is -2.06. The molecule has 3 aromatic rings. The Labute approximate surface area is 127 Å². The van der Waals surface area contributed by atoms with Crippen molar-refractivity contribution in [3.63, 3.8) is 0 Å². The van der Waals surface area contributed by atoms with E-state index in [1.54, 1.807) is 17.5 Å². The minimum absolute atomic E-state index is 0.511. The Morgan fingerprint density at radius 1 is 1.24 bits per heavy atom. The van der Waals surface area contributed by atoms with E-state index >= 15 is 0 Å². The molecule has 1 aromatic carbocycles. The topological polar surface area (TPSA) is 51.0 Å². The van der Waals surface area contributed by atoms with E-state index in [0.717, 1.165) is 33.4 Å². The second-order valence-electron chi connectivity index (χ2n) is 4.81. The smallest absolute Gasteiger partial charge is 0.299 e. The number of para-hydroxylation sites is 1. The van der Waals surface area contributed by atoms with Crippen molar-refractivity contribution in [1.29, 1.82) is 0 Å². The van der Waals surface area contributed by atoms with Crippen molar-refractivity contribution in [1.82, 2.24) is 9.97 Å². The number of thiazole rings is 1. The monoisotopic (exact) mass is 299 g/mol. The van der Waals surface area contributed by atoms with Crippen LogP contribution in [-0.2, 0) is 6.42 Å². The van der Waals surface area contributed by atoms with Crippen molar-refractivity contribution in [2.24, 2.45) is 0 Å². The van der Waals surface area contributed by atoms with Crippen LogP contribution in [0.25, 0.3) is 10.6 Å². The number of hydrogen-bond donors (Lipinski definition) is 1. The Balaban J connectivity index is 1.87. The number of nitrogens with zero attached hydrogens (tertiary/aromatic N) is 2. The van der Waals surface area contributed by atoms with Crippen molar-refractivity contribution < 1.29 is 4.42 Å². The third-order valence-corrected chi connectivity index (χ3v) is 4.36. The maximum atomic E-state index is 5.82. The minimum Gasteiger partial charge on any atom is -0.422 e. The lowest BCUT2D eigenvalue weighted by molar-refractivity contribution is 0.593.